The van der Waals surface area contributed by atoms with Gasteiger partial charge in [0.1, 0.15) is 0 Å². The van der Waals surface area contributed by atoms with E-state index in [1.54, 1.807) is 0 Å². The van der Waals surface area contributed by atoms with Crippen LogP contribution in [0.4, 0.5) is 0 Å². The zero-order valence-electron chi connectivity index (χ0n) is 14.1. The monoisotopic (exact) mass is 321 g/mol. The molecule has 5 rings (SSSR count). The second-order valence-corrected chi connectivity index (χ2v) is 7.43. The van der Waals surface area contributed by atoms with Crippen molar-refractivity contribution in [1.29, 1.82) is 0 Å². The van der Waals surface area contributed by atoms with Crippen molar-refractivity contribution in [2.45, 2.75) is 25.4 Å². The summed E-state index contributed by atoms with van der Waals surface area (Å²) in [5.41, 5.74) is 3.97. The van der Waals surface area contributed by atoms with Crippen LogP contribution in [0.1, 0.15) is 18.4 Å². The van der Waals surface area contributed by atoms with Gasteiger partial charge in [0.25, 0.3) is 0 Å². The summed E-state index contributed by atoms with van der Waals surface area (Å²) in [4.78, 5) is 17.3. The predicted octanol–water partition coefficient (Wildman–Crippen LogP) is 2.59. The number of likely N-dealkylation sites (N-methyl/N-ethyl adjacent to an activating group) is 1. The van der Waals surface area contributed by atoms with Gasteiger partial charge in [0, 0.05) is 43.3 Å². The minimum absolute atomic E-state index is 0.00359. The Hall–Kier alpha value is -2.07. The lowest BCUT2D eigenvalue weighted by Crippen LogP contribution is -2.48. The third-order valence-electron chi connectivity index (χ3n) is 5.96. The molecule has 1 saturated heterocycles. The van der Waals surface area contributed by atoms with Crippen molar-refractivity contribution in [3.8, 4) is 0 Å². The molecular weight excluding hydrogens is 298 g/mol. The summed E-state index contributed by atoms with van der Waals surface area (Å²) in [5.74, 6) is 0.314. The Kier molecular flexibility index (Phi) is 3.10. The Morgan fingerprint density at radius 2 is 1.96 bits per heavy atom. The Balaban J connectivity index is 1.59. The average Bonchev–Trinajstić information content (AvgIpc) is 3.26. The molecule has 3 aliphatic rings. The van der Waals surface area contributed by atoms with E-state index in [0.717, 1.165) is 39.0 Å². The minimum Gasteiger partial charge on any atom is -0.345 e. The number of amides is 1. The molecule has 2 atom stereocenters. The second-order valence-electron chi connectivity index (χ2n) is 7.43. The number of carbonyl (C=O) groups excluding carboxylic acids is 1. The smallest absolute Gasteiger partial charge is 0.230 e. The number of aromatic nitrogens is 1. The Bertz CT molecular complexity index is 844. The number of fused-ring (bicyclic) bond motifs is 2. The van der Waals surface area contributed by atoms with E-state index in [1.165, 1.54) is 22.0 Å². The SMILES string of the molecule is CN1C[C@H](C(=O)N2CCCC2)C=C2c3cccc4ccn(c34)CC21. The van der Waals surface area contributed by atoms with E-state index in [2.05, 4.69) is 58.0 Å². The first kappa shape index (κ1) is 14.3. The van der Waals surface area contributed by atoms with Crippen LogP contribution in [0, 0.1) is 5.92 Å². The molecule has 0 saturated carbocycles. The summed E-state index contributed by atoms with van der Waals surface area (Å²) >= 11 is 0. The highest BCUT2D eigenvalue weighted by molar-refractivity contribution is 5.96. The molecule has 0 radical (unpaired) electrons. The number of hydrogen-bond donors (Lipinski definition) is 0. The lowest BCUT2D eigenvalue weighted by molar-refractivity contribution is -0.133. The molecule has 1 aromatic heterocycles. The summed E-state index contributed by atoms with van der Waals surface area (Å²) in [6.45, 7) is 3.68. The summed E-state index contributed by atoms with van der Waals surface area (Å²) in [6, 6.07) is 9.10. The summed E-state index contributed by atoms with van der Waals surface area (Å²) < 4.78 is 2.37. The van der Waals surface area contributed by atoms with Crippen molar-refractivity contribution in [3.05, 3.63) is 42.1 Å². The topological polar surface area (TPSA) is 28.5 Å². The van der Waals surface area contributed by atoms with Crippen LogP contribution in [-0.2, 0) is 11.3 Å². The van der Waals surface area contributed by atoms with E-state index in [9.17, 15) is 4.79 Å². The highest BCUT2D eigenvalue weighted by Gasteiger charge is 2.36. The third-order valence-corrected chi connectivity index (χ3v) is 5.96. The van der Waals surface area contributed by atoms with Gasteiger partial charge < -0.3 is 9.47 Å². The van der Waals surface area contributed by atoms with Gasteiger partial charge in [0.05, 0.1) is 17.5 Å². The van der Waals surface area contributed by atoms with Crippen LogP contribution >= 0.6 is 0 Å². The maximum atomic E-state index is 12.9. The fourth-order valence-electron chi connectivity index (χ4n) is 4.72. The molecule has 1 aromatic carbocycles. The van der Waals surface area contributed by atoms with E-state index in [0.29, 0.717) is 11.9 Å². The van der Waals surface area contributed by atoms with E-state index < -0.39 is 0 Å². The first-order valence-corrected chi connectivity index (χ1v) is 9.01. The van der Waals surface area contributed by atoms with Crippen LogP contribution in [0.2, 0.25) is 0 Å². The molecule has 0 bridgehead atoms. The Labute approximate surface area is 142 Å². The Morgan fingerprint density at radius 1 is 1.12 bits per heavy atom. The van der Waals surface area contributed by atoms with Crippen LogP contribution in [0.5, 0.6) is 0 Å². The molecule has 0 aliphatic carbocycles. The fraction of sp³-hybridized carbons (Fsp3) is 0.450. The lowest BCUT2D eigenvalue weighted by Gasteiger charge is -2.40. The van der Waals surface area contributed by atoms with E-state index in [1.807, 2.05) is 0 Å². The number of carbonyl (C=O) groups is 1. The molecule has 124 valence electrons. The fourth-order valence-corrected chi connectivity index (χ4v) is 4.72. The van der Waals surface area contributed by atoms with Crippen molar-refractivity contribution in [3.63, 3.8) is 0 Å². The van der Waals surface area contributed by atoms with Crippen LogP contribution in [-0.4, -0.2) is 53.0 Å². The second kappa shape index (κ2) is 5.21. The van der Waals surface area contributed by atoms with Crippen LogP contribution in [0.15, 0.2) is 36.5 Å². The zero-order chi connectivity index (χ0) is 16.3. The molecule has 3 aliphatic heterocycles. The number of rotatable bonds is 1. The van der Waals surface area contributed by atoms with Gasteiger partial charge in [0.2, 0.25) is 5.91 Å². The van der Waals surface area contributed by atoms with Crippen LogP contribution in [0.3, 0.4) is 0 Å². The van der Waals surface area contributed by atoms with Gasteiger partial charge in [-0.05, 0) is 31.5 Å². The van der Waals surface area contributed by atoms with Crippen molar-refractivity contribution >= 4 is 22.4 Å². The van der Waals surface area contributed by atoms with Crippen molar-refractivity contribution in [1.82, 2.24) is 14.4 Å². The highest BCUT2D eigenvalue weighted by Crippen LogP contribution is 2.38. The van der Waals surface area contributed by atoms with E-state index in [-0.39, 0.29) is 5.92 Å². The summed E-state index contributed by atoms with van der Waals surface area (Å²) in [5, 5.41) is 1.29. The normalized spacial score (nSPS) is 26.5. The molecule has 4 heterocycles. The highest BCUT2D eigenvalue weighted by atomic mass is 16.2. The van der Waals surface area contributed by atoms with Gasteiger partial charge in [-0.1, -0.05) is 24.3 Å². The standard InChI is InChI=1S/C20H23N3O/c1-21-12-15(20(24)22-8-2-3-9-22)11-17-16-6-4-5-14-7-10-23(19(14)16)13-18(17)21/h4-7,10-11,15,18H,2-3,8-9,12-13H2,1H3/t15-,18?/m1/s1. The first-order valence-electron chi connectivity index (χ1n) is 9.01. The van der Waals surface area contributed by atoms with Gasteiger partial charge in [-0.3, -0.25) is 9.69 Å². The van der Waals surface area contributed by atoms with E-state index in [4.69, 9.17) is 0 Å². The summed E-state index contributed by atoms with van der Waals surface area (Å²) in [7, 11) is 2.16. The summed E-state index contributed by atoms with van der Waals surface area (Å²) in [6.07, 6.45) is 6.78. The van der Waals surface area contributed by atoms with E-state index >= 15 is 0 Å². The number of para-hydroxylation sites is 1. The first-order chi connectivity index (χ1) is 11.7. The largest absolute Gasteiger partial charge is 0.345 e. The molecular formula is C20H23N3O. The molecule has 1 unspecified atom stereocenters. The maximum absolute atomic E-state index is 12.9. The quantitative estimate of drug-likeness (QED) is 0.808. The lowest BCUT2D eigenvalue weighted by atomic mass is 9.85. The van der Waals surface area contributed by atoms with Crippen molar-refractivity contribution in [2.75, 3.05) is 26.7 Å². The zero-order valence-corrected chi connectivity index (χ0v) is 14.1. The predicted molar refractivity (Wildman–Crippen MR) is 95.6 cm³/mol. The number of nitrogens with zero attached hydrogens (tertiary/aromatic N) is 3. The number of benzene rings is 1. The van der Waals surface area contributed by atoms with Gasteiger partial charge >= 0.3 is 0 Å². The molecule has 24 heavy (non-hydrogen) atoms. The number of hydrogen-bond acceptors (Lipinski definition) is 2. The maximum Gasteiger partial charge on any atom is 0.230 e. The Morgan fingerprint density at radius 3 is 2.79 bits per heavy atom. The van der Waals surface area contributed by atoms with Gasteiger partial charge in [-0.15, -0.1) is 0 Å². The molecule has 1 fully saturated rings. The van der Waals surface area contributed by atoms with Crippen LogP contribution in [0.25, 0.3) is 16.5 Å². The molecule has 4 nitrogen and oxygen atoms in total. The van der Waals surface area contributed by atoms with Crippen molar-refractivity contribution < 1.29 is 4.79 Å². The minimum atomic E-state index is -0.00359. The third kappa shape index (κ3) is 1.99. The molecule has 0 N–H and O–H groups in total. The molecule has 0 spiro atoms. The average molecular weight is 321 g/mol. The van der Waals surface area contributed by atoms with Gasteiger partial charge in [0.15, 0.2) is 0 Å². The van der Waals surface area contributed by atoms with Crippen molar-refractivity contribution in [2.24, 2.45) is 5.92 Å². The molecule has 2 aromatic rings. The molecule has 4 heteroatoms. The molecule has 1 amide bonds. The van der Waals surface area contributed by atoms with Crippen LogP contribution < -0.4 is 0 Å². The van der Waals surface area contributed by atoms with Gasteiger partial charge in [-0.25, -0.2) is 0 Å². The number of likely N-dealkylation sites (tertiary alicyclic amines) is 1. The van der Waals surface area contributed by atoms with Gasteiger partial charge in [-0.2, -0.15) is 0 Å².